The van der Waals surface area contributed by atoms with Crippen LogP contribution in [0.5, 0.6) is 0 Å². The summed E-state index contributed by atoms with van der Waals surface area (Å²) in [5.41, 5.74) is 4.36. The Balaban J connectivity index is 1.76. The fraction of sp³-hybridized carbons (Fsp3) is 0.167. The normalized spacial score (nSPS) is 22.2. The van der Waals surface area contributed by atoms with Gasteiger partial charge in [0.1, 0.15) is 0 Å². The van der Waals surface area contributed by atoms with Crippen molar-refractivity contribution in [3.63, 3.8) is 0 Å². The molecule has 2 unspecified atom stereocenters. The van der Waals surface area contributed by atoms with E-state index in [2.05, 4.69) is 117 Å². The van der Waals surface area contributed by atoms with Crippen LogP contribution in [0.25, 0.3) is 21.5 Å². The summed E-state index contributed by atoms with van der Waals surface area (Å²) < 4.78 is 0. The lowest BCUT2D eigenvalue weighted by Gasteiger charge is -2.48. The summed E-state index contributed by atoms with van der Waals surface area (Å²) in [5, 5.41) is 5.32. The first-order chi connectivity index (χ1) is 14.7. The largest absolute Gasteiger partial charge is 0.0799 e. The van der Waals surface area contributed by atoms with Gasteiger partial charge in [0.2, 0.25) is 0 Å². The van der Waals surface area contributed by atoms with E-state index < -0.39 is 0 Å². The second-order valence-electron chi connectivity index (χ2n) is 9.20. The van der Waals surface area contributed by atoms with Crippen LogP contribution in [0.15, 0.2) is 103 Å². The van der Waals surface area contributed by atoms with Crippen LogP contribution in [0.1, 0.15) is 30.5 Å². The Labute approximate surface area is 178 Å². The molecule has 0 nitrogen and oxygen atoms in total. The number of allylic oxidation sites excluding steroid dienone is 4. The lowest BCUT2D eigenvalue weighted by molar-refractivity contribution is 0.298. The third-order valence-corrected chi connectivity index (χ3v) is 7.25. The zero-order valence-electron chi connectivity index (χ0n) is 17.5. The predicted molar refractivity (Wildman–Crippen MR) is 128 cm³/mol. The van der Waals surface area contributed by atoms with E-state index in [9.17, 15) is 0 Å². The van der Waals surface area contributed by atoms with Crippen LogP contribution in [0.3, 0.4) is 0 Å². The van der Waals surface area contributed by atoms with E-state index in [1.807, 2.05) is 0 Å². The maximum Gasteiger partial charge on any atom is 0.0430 e. The lowest BCUT2D eigenvalue weighted by atomic mass is 9.55. The summed E-state index contributed by atoms with van der Waals surface area (Å²) in [6.07, 6.45) is 9.32. The molecule has 0 saturated heterocycles. The molecule has 0 heteroatoms. The van der Waals surface area contributed by atoms with Crippen molar-refractivity contribution in [2.45, 2.75) is 19.3 Å². The minimum Gasteiger partial charge on any atom is -0.0799 e. The minimum absolute atomic E-state index is 0.0897. The van der Waals surface area contributed by atoms with Gasteiger partial charge in [-0.05, 0) is 61.6 Å². The molecule has 0 bridgehead atoms. The number of hydrogen-bond acceptors (Lipinski definition) is 0. The van der Waals surface area contributed by atoms with Gasteiger partial charge in [-0.2, -0.15) is 0 Å². The molecule has 0 saturated carbocycles. The minimum atomic E-state index is 0.0897. The highest BCUT2D eigenvalue weighted by Crippen LogP contribution is 2.55. The topological polar surface area (TPSA) is 0 Å². The highest BCUT2D eigenvalue weighted by Gasteiger charge is 2.47. The molecular formula is C30H25. The average Bonchev–Trinajstić information content (AvgIpc) is 2.79. The van der Waals surface area contributed by atoms with E-state index >= 15 is 0 Å². The van der Waals surface area contributed by atoms with E-state index in [0.717, 1.165) is 0 Å². The molecule has 145 valence electrons. The van der Waals surface area contributed by atoms with Gasteiger partial charge < -0.3 is 0 Å². The Kier molecular flexibility index (Phi) is 3.80. The van der Waals surface area contributed by atoms with E-state index in [-0.39, 0.29) is 5.41 Å². The van der Waals surface area contributed by atoms with Crippen molar-refractivity contribution in [3.05, 3.63) is 126 Å². The first-order valence-electron chi connectivity index (χ1n) is 10.9. The number of rotatable bonds is 1. The summed E-state index contributed by atoms with van der Waals surface area (Å²) in [4.78, 5) is 0. The lowest BCUT2D eigenvalue weighted by Crippen LogP contribution is -2.42. The van der Waals surface area contributed by atoms with Crippen LogP contribution >= 0.6 is 0 Å². The van der Waals surface area contributed by atoms with E-state index in [4.69, 9.17) is 0 Å². The van der Waals surface area contributed by atoms with E-state index in [1.54, 1.807) is 0 Å². The Morgan fingerprint density at radius 1 is 0.667 bits per heavy atom. The molecule has 4 aromatic carbocycles. The molecule has 6 rings (SSSR count). The number of benzene rings is 4. The van der Waals surface area contributed by atoms with Gasteiger partial charge in [0.15, 0.2) is 0 Å². The van der Waals surface area contributed by atoms with E-state index in [1.165, 1.54) is 44.2 Å². The van der Waals surface area contributed by atoms with Crippen LogP contribution in [0.2, 0.25) is 0 Å². The second-order valence-corrected chi connectivity index (χ2v) is 9.20. The van der Waals surface area contributed by atoms with Gasteiger partial charge in [-0.15, -0.1) is 0 Å². The quantitative estimate of drug-likeness (QED) is 0.296. The number of fused-ring (bicyclic) bond motifs is 4. The Morgan fingerprint density at radius 2 is 1.27 bits per heavy atom. The first-order valence-corrected chi connectivity index (χ1v) is 10.9. The second kappa shape index (κ2) is 6.44. The fourth-order valence-corrected chi connectivity index (χ4v) is 5.82. The molecule has 4 aromatic rings. The molecule has 0 fully saturated rings. The van der Waals surface area contributed by atoms with Crippen LogP contribution in [-0.2, 0) is 5.41 Å². The molecule has 0 amide bonds. The van der Waals surface area contributed by atoms with Crippen LogP contribution in [0.4, 0.5) is 0 Å². The zero-order chi connectivity index (χ0) is 20.3. The third-order valence-electron chi connectivity index (χ3n) is 7.25. The van der Waals surface area contributed by atoms with Gasteiger partial charge in [-0.3, -0.25) is 0 Å². The van der Waals surface area contributed by atoms with Crippen molar-refractivity contribution in [2.24, 2.45) is 11.8 Å². The molecule has 30 heavy (non-hydrogen) atoms. The highest BCUT2D eigenvalue weighted by molar-refractivity contribution is 6.05. The van der Waals surface area contributed by atoms with Crippen molar-refractivity contribution >= 4 is 21.5 Å². The van der Waals surface area contributed by atoms with Crippen molar-refractivity contribution < 1.29 is 0 Å². The van der Waals surface area contributed by atoms with Crippen molar-refractivity contribution in [1.29, 1.82) is 0 Å². The van der Waals surface area contributed by atoms with Gasteiger partial charge in [0.25, 0.3) is 0 Å². The number of hydrogen-bond donors (Lipinski definition) is 0. The third kappa shape index (κ3) is 2.40. The SMILES string of the molecule is CC1(C)c2ccccc2[C](c2c3ccccc3cc3ccccc23)C2C=CC=CC21. The average molecular weight is 386 g/mol. The summed E-state index contributed by atoms with van der Waals surface area (Å²) in [7, 11) is 0. The Bertz CT molecular complexity index is 1280. The molecule has 1 radical (unpaired) electrons. The molecule has 0 aliphatic heterocycles. The summed E-state index contributed by atoms with van der Waals surface area (Å²) in [6, 6.07) is 29.1. The van der Waals surface area contributed by atoms with Crippen LogP contribution in [-0.4, -0.2) is 0 Å². The maximum absolute atomic E-state index is 2.42. The molecule has 0 heterocycles. The van der Waals surface area contributed by atoms with Gasteiger partial charge in [-0.1, -0.05) is 111 Å². The predicted octanol–water partition coefficient (Wildman–Crippen LogP) is 7.61. The van der Waals surface area contributed by atoms with Gasteiger partial charge in [-0.25, -0.2) is 0 Å². The van der Waals surface area contributed by atoms with Crippen molar-refractivity contribution in [1.82, 2.24) is 0 Å². The summed E-state index contributed by atoms with van der Waals surface area (Å²) >= 11 is 0. The summed E-state index contributed by atoms with van der Waals surface area (Å²) in [6.45, 7) is 4.82. The van der Waals surface area contributed by atoms with Gasteiger partial charge >= 0.3 is 0 Å². The molecule has 2 aliphatic carbocycles. The molecular weight excluding hydrogens is 360 g/mol. The maximum atomic E-state index is 2.42. The molecule has 0 aromatic heterocycles. The smallest absolute Gasteiger partial charge is 0.0430 e. The molecule has 2 atom stereocenters. The fourth-order valence-electron chi connectivity index (χ4n) is 5.82. The highest BCUT2D eigenvalue weighted by atomic mass is 14.5. The monoisotopic (exact) mass is 385 g/mol. The van der Waals surface area contributed by atoms with Crippen LogP contribution in [0, 0.1) is 17.8 Å². The molecule has 0 N–H and O–H groups in total. The Morgan fingerprint density at radius 3 is 2.00 bits per heavy atom. The van der Waals surface area contributed by atoms with Gasteiger partial charge in [0.05, 0.1) is 0 Å². The van der Waals surface area contributed by atoms with Crippen molar-refractivity contribution in [2.75, 3.05) is 0 Å². The van der Waals surface area contributed by atoms with Crippen molar-refractivity contribution in [3.8, 4) is 0 Å². The Hall–Kier alpha value is -3.12. The summed E-state index contributed by atoms with van der Waals surface area (Å²) in [5.74, 6) is 2.29. The zero-order valence-corrected chi connectivity index (χ0v) is 17.5. The first kappa shape index (κ1) is 17.7. The molecule has 2 aliphatic rings. The standard InChI is InChI=1S/C30H25/c1-30(2)26-17-9-7-15-24(26)29(25-16-8-10-18-27(25)30)28-22-13-5-3-11-20(22)19-21-12-4-6-14-23(21)28/h3-19,24,26H,1-2H3. The van der Waals surface area contributed by atoms with Crippen LogP contribution < -0.4 is 0 Å². The van der Waals surface area contributed by atoms with Gasteiger partial charge in [0, 0.05) is 5.92 Å². The van der Waals surface area contributed by atoms with E-state index in [0.29, 0.717) is 11.8 Å². The molecule has 0 spiro atoms.